The molecule has 0 unspecified atom stereocenters. The fourth-order valence-electron chi connectivity index (χ4n) is 2.44. The molecule has 1 aromatic carbocycles. The number of hydrogen-bond acceptors (Lipinski definition) is 3. The van der Waals surface area contributed by atoms with Gasteiger partial charge in [0.1, 0.15) is 11.8 Å². The third-order valence-corrected chi connectivity index (χ3v) is 3.62. The molecule has 0 aromatic heterocycles. The van der Waals surface area contributed by atoms with Gasteiger partial charge in [-0.1, -0.05) is 17.7 Å². The van der Waals surface area contributed by atoms with Crippen LogP contribution in [0.1, 0.15) is 11.6 Å². The van der Waals surface area contributed by atoms with E-state index >= 15 is 0 Å². The number of nitrogens with zero attached hydrogens (tertiary/aromatic N) is 1. The Bertz CT molecular complexity index is 550. The number of rotatable bonds is 3. The van der Waals surface area contributed by atoms with Crippen LogP contribution in [0.5, 0.6) is 5.75 Å². The Labute approximate surface area is 157 Å². The molecule has 1 aliphatic rings. The molecule has 0 radical (unpaired) electrons. The Morgan fingerprint density at radius 2 is 1.60 bits per heavy atom. The fraction of sp³-hybridized carbons (Fsp3) is 0.538. The number of hydrogen-bond donors (Lipinski definition) is 1. The second-order valence-electron chi connectivity index (χ2n) is 4.97. The molecule has 0 spiro atoms. The molecule has 1 N–H and O–H groups in total. The zero-order valence-electron chi connectivity index (χ0n) is 12.5. The highest BCUT2D eigenvalue weighted by Crippen LogP contribution is 2.40. The molecule has 0 saturated carbocycles. The predicted octanol–water partition coefficient (Wildman–Crippen LogP) is 4.59. The van der Waals surface area contributed by atoms with Crippen molar-refractivity contribution < 1.29 is 31.1 Å². The summed E-state index contributed by atoms with van der Waals surface area (Å²) in [6.45, 7) is 1.14. The summed E-state index contributed by atoms with van der Waals surface area (Å²) in [5, 5.41) is 2.41. The van der Waals surface area contributed by atoms with Gasteiger partial charge >= 0.3 is 12.5 Å². The lowest BCUT2D eigenvalue weighted by atomic mass is 10.0. The highest BCUT2D eigenvalue weighted by Gasteiger charge is 2.45. The minimum atomic E-state index is -4.97. The topological polar surface area (TPSA) is 24.5 Å². The molecule has 0 aliphatic carbocycles. The first-order chi connectivity index (χ1) is 10.6. The molecule has 0 bridgehead atoms. The second kappa shape index (κ2) is 9.36. The van der Waals surface area contributed by atoms with Crippen LogP contribution in [0.2, 0.25) is 5.02 Å². The second-order valence-corrected chi connectivity index (χ2v) is 5.37. The van der Waals surface area contributed by atoms with Gasteiger partial charge in [-0.3, -0.25) is 4.90 Å². The van der Waals surface area contributed by atoms with E-state index in [2.05, 4.69) is 10.1 Å². The first kappa shape index (κ1) is 24.4. The van der Waals surface area contributed by atoms with Crippen molar-refractivity contribution in [1.29, 1.82) is 0 Å². The van der Waals surface area contributed by atoms with Crippen LogP contribution in [0.4, 0.5) is 26.3 Å². The maximum Gasteiger partial charge on any atom is 0.573 e. The third kappa shape index (κ3) is 6.90. The number of alkyl halides is 6. The smallest absolute Gasteiger partial charge is 0.404 e. The number of nitrogens with one attached hydrogen (secondary N) is 1. The number of halogens is 9. The molecule has 1 aromatic rings. The Morgan fingerprint density at radius 3 is 2.04 bits per heavy atom. The summed E-state index contributed by atoms with van der Waals surface area (Å²) in [5.74, 6) is -0.732. The van der Waals surface area contributed by atoms with Gasteiger partial charge in [0.15, 0.2) is 0 Å². The number of piperazine rings is 1. The van der Waals surface area contributed by atoms with Crippen molar-refractivity contribution in [2.75, 3.05) is 26.2 Å². The standard InChI is InChI=1S/C13H13ClF6N2O.2ClH/c14-9-7-8(1-2-10(9)23-13(18,19)20)11(12(15,16)17)22-5-3-21-4-6-22;;/h1-2,7,11,21H,3-6H2;2*1H/t11-;;/m0../s1. The number of ether oxygens (including phenoxy) is 1. The molecule has 12 heteroatoms. The predicted molar refractivity (Wildman–Crippen MR) is 85.9 cm³/mol. The summed E-state index contributed by atoms with van der Waals surface area (Å²) in [5.41, 5.74) is -0.223. The monoisotopic (exact) mass is 434 g/mol. The molecule has 3 nitrogen and oxygen atoms in total. The Morgan fingerprint density at radius 1 is 1.04 bits per heavy atom. The van der Waals surface area contributed by atoms with Crippen LogP contribution < -0.4 is 10.1 Å². The van der Waals surface area contributed by atoms with Crippen LogP contribution in [0, 0.1) is 0 Å². The first-order valence-corrected chi connectivity index (χ1v) is 7.02. The summed E-state index contributed by atoms with van der Waals surface area (Å²) in [4.78, 5) is 1.21. The highest BCUT2D eigenvalue weighted by molar-refractivity contribution is 6.32. The van der Waals surface area contributed by atoms with E-state index in [0.717, 1.165) is 18.2 Å². The van der Waals surface area contributed by atoms with Gasteiger partial charge in [0, 0.05) is 26.2 Å². The minimum Gasteiger partial charge on any atom is -0.404 e. The molecule has 25 heavy (non-hydrogen) atoms. The van der Waals surface area contributed by atoms with Crippen LogP contribution in [-0.4, -0.2) is 43.6 Å². The molecular weight excluding hydrogens is 421 g/mol. The van der Waals surface area contributed by atoms with E-state index < -0.39 is 29.4 Å². The molecule has 146 valence electrons. The van der Waals surface area contributed by atoms with Crippen LogP contribution in [0.15, 0.2) is 18.2 Å². The lowest BCUT2D eigenvalue weighted by Gasteiger charge is -2.36. The summed E-state index contributed by atoms with van der Waals surface area (Å²) in [6, 6.07) is 0.684. The van der Waals surface area contributed by atoms with E-state index in [0.29, 0.717) is 13.1 Å². The summed E-state index contributed by atoms with van der Waals surface area (Å²) in [6.07, 6.45) is -9.54. The normalized spacial score (nSPS) is 17.2. The van der Waals surface area contributed by atoms with Gasteiger partial charge in [0.2, 0.25) is 0 Å². The van der Waals surface area contributed by atoms with Crippen molar-refractivity contribution in [2.45, 2.75) is 18.6 Å². The SMILES string of the molecule is Cl.Cl.FC(F)(F)Oc1ccc([C@H](N2CCNCC2)C(F)(F)F)cc1Cl. The average molecular weight is 436 g/mol. The van der Waals surface area contributed by atoms with E-state index in [9.17, 15) is 26.3 Å². The van der Waals surface area contributed by atoms with Gasteiger partial charge in [-0.25, -0.2) is 0 Å². The van der Waals surface area contributed by atoms with Crippen molar-refractivity contribution in [3.05, 3.63) is 28.8 Å². The number of benzene rings is 1. The van der Waals surface area contributed by atoms with Crippen molar-refractivity contribution in [2.24, 2.45) is 0 Å². The molecule has 2 rings (SSSR count). The molecule has 1 saturated heterocycles. The molecule has 1 atom stereocenters. The third-order valence-electron chi connectivity index (χ3n) is 3.32. The lowest BCUT2D eigenvalue weighted by Crippen LogP contribution is -2.49. The summed E-state index contributed by atoms with van der Waals surface area (Å²) < 4.78 is 80.3. The molecular formula is C13H15Cl3F6N2O. The van der Waals surface area contributed by atoms with Crippen LogP contribution in [0.3, 0.4) is 0 Å². The van der Waals surface area contributed by atoms with E-state index in [4.69, 9.17) is 11.6 Å². The van der Waals surface area contributed by atoms with E-state index in [1.807, 2.05) is 0 Å². The van der Waals surface area contributed by atoms with Gasteiger partial charge in [0.25, 0.3) is 0 Å². The molecule has 1 aliphatic heterocycles. The van der Waals surface area contributed by atoms with Crippen molar-refractivity contribution in [1.82, 2.24) is 10.2 Å². The van der Waals surface area contributed by atoms with Gasteiger partial charge in [-0.15, -0.1) is 38.0 Å². The van der Waals surface area contributed by atoms with Gasteiger partial charge < -0.3 is 10.1 Å². The zero-order chi connectivity index (χ0) is 17.3. The average Bonchev–Trinajstić information content (AvgIpc) is 2.40. The van der Waals surface area contributed by atoms with E-state index in [1.54, 1.807) is 0 Å². The zero-order valence-corrected chi connectivity index (χ0v) is 14.8. The minimum absolute atomic E-state index is 0. The molecule has 0 amide bonds. The Kier molecular flexibility index (Phi) is 9.13. The maximum atomic E-state index is 13.4. The summed E-state index contributed by atoms with van der Waals surface area (Å²) in [7, 11) is 0. The van der Waals surface area contributed by atoms with Crippen LogP contribution >= 0.6 is 36.4 Å². The van der Waals surface area contributed by atoms with E-state index in [1.165, 1.54) is 4.90 Å². The molecule has 1 fully saturated rings. The van der Waals surface area contributed by atoms with Crippen LogP contribution in [0.25, 0.3) is 0 Å². The largest absolute Gasteiger partial charge is 0.573 e. The lowest BCUT2D eigenvalue weighted by molar-refractivity contribution is -0.274. The quantitative estimate of drug-likeness (QED) is 0.703. The Hall–Kier alpha value is -0.610. The van der Waals surface area contributed by atoms with Gasteiger partial charge in [-0.2, -0.15) is 13.2 Å². The highest BCUT2D eigenvalue weighted by atomic mass is 35.5. The Balaban J connectivity index is 0.00000288. The first-order valence-electron chi connectivity index (χ1n) is 6.64. The van der Waals surface area contributed by atoms with Crippen molar-refractivity contribution >= 4 is 36.4 Å². The van der Waals surface area contributed by atoms with Crippen molar-refractivity contribution in [3.63, 3.8) is 0 Å². The van der Waals surface area contributed by atoms with Crippen LogP contribution in [-0.2, 0) is 0 Å². The summed E-state index contributed by atoms with van der Waals surface area (Å²) >= 11 is 5.65. The van der Waals surface area contributed by atoms with E-state index in [-0.39, 0.29) is 43.5 Å². The maximum absolute atomic E-state index is 13.4. The van der Waals surface area contributed by atoms with Gasteiger partial charge in [0.05, 0.1) is 5.02 Å². The fourth-order valence-corrected chi connectivity index (χ4v) is 2.67. The van der Waals surface area contributed by atoms with Crippen molar-refractivity contribution in [3.8, 4) is 5.75 Å². The molecule has 1 heterocycles. The van der Waals surface area contributed by atoms with Gasteiger partial charge in [-0.05, 0) is 17.7 Å².